The first-order valence-electron chi connectivity index (χ1n) is 3.78. The van der Waals surface area contributed by atoms with Gasteiger partial charge in [-0.1, -0.05) is 0 Å². The summed E-state index contributed by atoms with van der Waals surface area (Å²) in [7, 11) is 1.31. The van der Waals surface area contributed by atoms with Crippen molar-refractivity contribution in [3.05, 3.63) is 28.0 Å². The monoisotopic (exact) mass is 254 g/mol. The first kappa shape index (κ1) is 10.7. The average Bonchev–Trinajstić information content (AvgIpc) is 2.18. The molecule has 0 saturated carbocycles. The Balaban J connectivity index is 3.00. The molecule has 0 unspecified atom stereocenters. The maximum absolute atomic E-state index is 11.0. The summed E-state index contributed by atoms with van der Waals surface area (Å²) in [6, 6.07) is 3.60. The molecule has 0 radical (unpaired) electrons. The van der Waals surface area contributed by atoms with Crippen LogP contribution in [0.15, 0.2) is 16.7 Å². The van der Waals surface area contributed by atoms with E-state index in [0.717, 1.165) is 4.47 Å². The fourth-order valence-electron chi connectivity index (χ4n) is 0.944. The second-order valence-corrected chi connectivity index (χ2v) is 3.44. The lowest BCUT2D eigenvalue weighted by Crippen LogP contribution is -2.06. The Labute approximate surface area is 89.6 Å². The highest BCUT2D eigenvalue weighted by atomic mass is 79.9. The van der Waals surface area contributed by atoms with Crippen molar-refractivity contribution in [3.8, 4) is 6.07 Å². The lowest BCUT2D eigenvalue weighted by molar-refractivity contribution is -0.139. The van der Waals surface area contributed by atoms with E-state index < -0.39 is 0 Å². The number of hydrogen-bond acceptors (Lipinski definition) is 4. The van der Waals surface area contributed by atoms with Crippen LogP contribution in [0.2, 0.25) is 0 Å². The molecular formula is C9H7BrN2O2. The molecule has 0 amide bonds. The van der Waals surface area contributed by atoms with Crippen LogP contribution in [0.5, 0.6) is 0 Å². The Morgan fingerprint density at radius 1 is 1.79 bits per heavy atom. The quantitative estimate of drug-likeness (QED) is 0.750. The standard InChI is InChI=1S/C9H7BrN2O2/c1-14-9(13)3-6-2-7(10)5-12-8(6)4-11/h2,5H,3H2,1H3. The maximum atomic E-state index is 11.0. The van der Waals surface area contributed by atoms with Gasteiger partial charge >= 0.3 is 5.97 Å². The Morgan fingerprint density at radius 2 is 2.50 bits per heavy atom. The van der Waals surface area contributed by atoms with E-state index in [2.05, 4.69) is 25.7 Å². The fourth-order valence-corrected chi connectivity index (χ4v) is 1.32. The largest absolute Gasteiger partial charge is 0.469 e. The maximum Gasteiger partial charge on any atom is 0.310 e. The van der Waals surface area contributed by atoms with Crippen LogP contribution in [0.3, 0.4) is 0 Å². The number of rotatable bonds is 2. The Kier molecular flexibility index (Phi) is 3.60. The Hall–Kier alpha value is -1.41. The summed E-state index contributed by atoms with van der Waals surface area (Å²) in [6.45, 7) is 0. The van der Waals surface area contributed by atoms with Crippen LogP contribution in [0.1, 0.15) is 11.3 Å². The highest BCUT2D eigenvalue weighted by Gasteiger charge is 2.09. The van der Waals surface area contributed by atoms with Crippen molar-refractivity contribution >= 4 is 21.9 Å². The van der Waals surface area contributed by atoms with Crippen LogP contribution in [-0.4, -0.2) is 18.1 Å². The number of carbonyl (C=O) groups is 1. The number of halogens is 1. The number of hydrogen-bond donors (Lipinski definition) is 0. The topological polar surface area (TPSA) is 63.0 Å². The van der Waals surface area contributed by atoms with Crippen molar-refractivity contribution in [2.24, 2.45) is 0 Å². The molecular weight excluding hydrogens is 248 g/mol. The second kappa shape index (κ2) is 4.72. The molecule has 0 atom stereocenters. The molecule has 0 aliphatic heterocycles. The second-order valence-electron chi connectivity index (χ2n) is 2.53. The van der Waals surface area contributed by atoms with E-state index in [4.69, 9.17) is 5.26 Å². The first-order chi connectivity index (χ1) is 6.67. The van der Waals surface area contributed by atoms with E-state index in [1.807, 2.05) is 6.07 Å². The van der Waals surface area contributed by atoms with Gasteiger partial charge in [-0.3, -0.25) is 4.79 Å². The summed E-state index contributed by atoms with van der Waals surface area (Å²) >= 11 is 3.21. The number of nitriles is 1. The minimum atomic E-state index is -0.388. The third kappa shape index (κ3) is 2.54. The minimum Gasteiger partial charge on any atom is -0.469 e. The van der Waals surface area contributed by atoms with Crippen LogP contribution < -0.4 is 0 Å². The molecule has 0 bridgehead atoms. The van der Waals surface area contributed by atoms with Crippen LogP contribution >= 0.6 is 15.9 Å². The molecule has 1 rings (SSSR count). The number of ether oxygens (including phenoxy) is 1. The predicted octanol–water partition coefficient (Wildman–Crippen LogP) is 1.43. The highest BCUT2D eigenvalue weighted by molar-refractivity contribution is 9.10. The molecule has 0 spiro atoms. The van der Waals surface area contributed by atoms with E-state index in [-0.39, 0.29) is 18.1 Å². The van der Waals surface area contributed by atoms with Crippen LogP contribution in [0.25, 0.3) is 0 Å². The van der Waals surface area contributed by atoms with Gasteiger partial charge in [0.25, 0.3) is 0 Å². The van der Waals surface area contributed by atoms with Crippen LogP contribution in [0, 0.1) is 11.3 Å². The smallest absolute Gasteiger partial charge is 0.310 e. The van der Waals surface area contributed by atoms with Crippen molar-refractivity contribution in [1.82, 2.24) is 4.98 Å². The SMILES string of the molecule is COC(=O)Cc1cc(Br)cnc1C#N. The van der Waals surface area contributed by atoms with Gasteiger partial charge in [0.2, 0.25) is 0 Å². The van der Waals surface area contributed by atoms with E-state index in [0.29, 0.717) is 5.56 Å². The van der Waals surface area contributed by atoms with Crippen molar-refractivity contribution in [2.75, 3.05) is 7.11 Å². The van der Waals surface area contributed by atoms with E-state index in [9.17, 15) is 4.79 Å². The van der Waals surface area contributed by atoms with Crippen molar-refractivity contribution in [2.45, 2.75) is 6.42 Å². The lowest BCUT2D eigenvalue weighted by atomic mass is 10.1. The molecule has 0 N–H and O–H groups in total. The van der Waals surface area contributed by atoms with Gasteiger partial charge in [-0.15, -0.1) is 0 Å². The first-order valence-corrected chi connectivity index (χ1v) is 4.58. The van der Waals surface area contributed by atoms with Gasteiger partial charge in [-0.25, -0.2) is 4.98 Å². The number of esters is 1. The molecule has 5 heteroatoms. The minimum absolute atomic E-state index is 0.0613. The number of carbonyl (C=O) groups excluding carboxylic acids is 1. The van der Waals surface area contributed by atoms with Crippen molar-refractivity contribution < 1.29 is 9.53 Å². The molecule has 72 valence electrons. The number of methoxy groups -OCH3 is 1. The van der Waals surface area contributed by atoms with Gasteiger partial charge in [0, 0.05) is 16.2 Å². The molecule has 0 aliphatic carbocycles. The molecule has 14 heavy (non-hydrogen) atoms. The number of pyridine rings is 1. The summed E-state index contributed by atoms with van der Waals surface area (Å²) < 4.78 is 5.23. The zero-order valence-corrected chi connectivity index (χ0v) is 9.04. The molecule has 0 aromatic carbocycles. The van der Waals surface area contributed by atoms with Gasteiger partial charge in [-0.05, 0) is 22.0 Å². The lowest BCUT2D eigenvalue weighted by Gasteiger charge is -2.01. The summed E-state index contributed by atoms with van der Waals surface area (Å²) in [6.07, 6.45) is 1.57. The normalized spacial score (nSPS) is 9.21. The zero-order valence-electron chi connectivity index (χ0n) is 7.45. The molecule has 0 fully saturated rings. The summed E-state index contributed by atoms with van der Waals surface area (Å²) in [5.74, 6) is -0.388. The van der Waals surface area contributed by atoms with Crippen LogP contribution in [0.4, 0.5) is 0 Å². The van der Waals surface area contributed by atoms with Crippen LogP contribution in [-0.2, 0) is 16.0 Å². The summed E-state index contributed by atoms with van der Waals surface area (Å²) in [5, 5.41) is 8.71. The van der Waals surface area contributed by atoms with E-state index >= 15 is 0 Å². The molecule has 1 heterocycles. The van der Waals surface area contributed by atoms with Crippen molar-refractivity contribution in [1.29, 1.82) is 5.26 Å². The van der Waals surface area contributed by atoms with Gasteiger partial charge in [0.05, 0.1) is 13.5 Å². The molecule has 1 aromatic heterocycles. The summed E-state index contributed by atoms with van der Waals surface area (Å²) in [5.41, 5.74) is 0.812. The fraction of sp³-hybridized carbons (Fsp3) is 0.222. The molecule has 0 aliphatic rings. The van der Waals surface area contributed by atoms with Gasteiger partial charge in [0.1, 0.15) is 11.8 Å². The number of nitrogens with zero attached hydrogens (tertiary/aromatic N) is 2. The Morgan fingerprint density at radius 3 is 3.07 bits per heavy atom. The Bertz CT molecular complexity index is 398. The highest BCUT2D eigenvalue weighted by Crippen LogP contribution is 2.14. The van der Waals surface area contributed by atoms with Crippen molar-refractivity contribution in [3.63, 3.8) is 0 Å². The third-order valence-electron chi connectivity index (χ3n) is 1.60. The third-order valence-corrected chi connectivity index (χ3v) is 2.04. The molecule has 1 aromatic rings. The van der Waals surface area contributed by atoms with E-state index in [1.54, 1.807) is 6.07 Å². The molecule has 4 nitrogen and oxygen atoms in total. The van der Waals surface area contributed by atoms with Gasteiger partial charge in [0.15, 0.2) is 0 Å². The van der Waals surface area contributed by atoms with E-state index in [1.165, 1.54) is 13.3 Å². The average molecular weight is 255 g/mol. The summed E-state index contributed by atoms with van der Waals surface area (Å²) in [4.78, 5) is 14.9. The predicted molar refractivity (Wildman–Crippen MR) is 52.4 cm³/mol. The molecule has 0 saturated heterocycles. The van der Waals surface area contributed by atoms with Gasteiger partial charge < -0.3 is 4.74 Å². The number of aromatic nitrogens is 1. The zero-order chi connectivity index (χ0) is 10.6. The van der Waals surface area contributed by atoms with Gasteiger partial charge in [-0.2, -0.15) is 5.26 Å².